The van der Waals surface area contributed by atoms with E-state index in [0.717, 1.165) is 29.7 Å². The molecule has 0 bridgehead atoms. The SMILES string of the molecule is CCCCC#CCc1ccc(C#Cc2ccc(OC)cc2)cc1. The van der Waals surface area contributed by atoms with Gasteiger partial charge in [-0.1, -0.05) is 43.2 Å². The lowest BCUT2D eigenvalue weighted by Crippen LogP contribution is -1.83. The highest BCUT2D eigenvalue weighted by Gasteiger charge is 1.92. The fourth-order valence-corrected chi connectivity index (χ4v) is 2.04. The number of methoxy groups -OCH3 is 1. The number of rotatable bonds is 4. The van der Waals surface area contributed by atoms with Gasteiger partial charge in [0.05, 0.1) is 7.11 Å². The average Bonchev–Trinajstić information content (AvgIpc) is 2.61. The van der Waals surface area contributed by atoms with Crippen LogP contribution in [0.2, 0.25) is 0 Å². The van der Waals surface area contributed by atoms with Crippen LogP contribution in [0.5, 0.6) is 5.75 Å². The molecule has 0 amide bonds. The molecule has 0 heterocycles. The highest BCUT2D eigenvalue weighted by molar-refractivity contribution is 5.45. The summed E-state index contributed by atoms with van der Waals surface area (Å²) >= 11 is 0. The van der Waals surface area contributed by atoms with Crippen molar-refractivity contribution in [3.05, 3.63) is 65.2 Å². The van der Waals surface area contributed by atoms with Crippen LogP contribution in [0.25, 0.3) is 0 Å². The van der Waals surface area contributed by atoms with Gasteiger partial charge >= 0.3 is 0 Å². The molecule has 23 heavy (non-hydrogen) atoms. The number of hydrogen-bond donors (Lipinski definition) is 0. The van der Waals surface area contributed by atoms with Gasteiger partial charge in [0.2, 0.25) is 0 Å². The summed E-state index contributed by atoms with van der Waals surface area (Å²) in [5, 5.41) is 0. The van der Waals surface area contributed by atoms with Gasteiger partial charge in [-0.3, -0.25) is 0 Å². The monoisotopic (exact) mass is 302 g/mol. The maximum atomic E-state index is 5.14. The summed E-state index contributed by atoms with van der Waals surface area (Å²) in [5.41, 5.74) is 3.24. The molecule has 0 N–H and O–H groups in total. The minimum Gasteiger partial charge on any atom is -0.497 e. The molecule has 0 atom stereocenters. The summed E-state index contributed by atoms with van der Waals surface area (Å²) in [6.07, 6.45) is 4.21. The van der Waals surface area contributed by atoms with Crippen molar-refractivity contribution in [3.63, 3.8) is 0 Å². The minimum atomic E-state index is 0.815. The van der Waals surface area contributed by atoms with Crippen molar-refractivity contribution in [1.29, 1.82) is 0 Å². The zero-order valence-corrected chi connectivity index (χ0v) is 13.9. The fraction of sp³-hybridized carbons (Fsp3) is 0.273. The second-order valence-electron chi connectivity index (χ2n) is 5.31. The molecule has 1 heteroatoms. The van der Waals surface area contributed by atoms with Crippen LogP contribution in [0, 0.1) is 23.7 Å². The van der Waals surface area contributed by atoms with Crippen molar-refractivity contribution in [2.75, 3.05) is 7.11 Å². The van der Waals surface area contributed by atoms with E-state index in [9.17, 15) is 0 Å². The molecule has 0 saturated carbocycles. The standard InChI is InChI=1S/C22H22O/c1-3-4-5-6-7-8-19-9-11-20(12-10-19)13-14-21-15-17-22(23-2)18-16-21/h9-12,15-18H,3-5,8H2,1-2H3. The predicted molar refractivity (Wildman–Crippen MR) is 96.4 cm³/mol. The van der Waals surface area contributed by atoms with E-state index in [-0.39, 0.29) is 0 Å². The first-order chi connectivity index (χ1) is 11.3. The number of unbranched alkanes of at least 4 members (excludes halogenated alkanes) is 2. The third kappa shape index (κ3) is 5.93. The molecule has 0 aliphatic rings. The van der Waals surface area contributed by atoms with Gasteiger partial charge in [-0.05, 0) is 48.4 Å². The van der Waals surface area contributed by atoms with Crippen LogP contribution in [-0.4, -0.2) is 7.11 Å². The molecule has 1 nitrogen and oxygen atoms in total. The molecule has 0 saturated heterocycles. The largest absolute Gasteiger partial charge is 0.497 e. The topological polar surface area (TPSA) is 9.23 Å². The molecule has 0 aromatic heterocycles. The molecule has 0 unspecified atom stereocenters. The van der Waals surface area contributed by atoms with E-state index in [2.05, 4.69) is 54.9 Å². The summed E-state index contributed by atoms with van der Waals surface area (Å²) in [4.78, 5) is 0. The van der Waals surface area contributed by atoms with Crippen molar-refractivity contribution >= 4 is 0 Å². The number of hydrogen-bond acceptors (Lipinski definition) is 1. The Morgan fingerprint density at radius 3 is 2.00 bits per heavy atom. The van der Waals surface area contributed by atoms with E-state index in [1.54, 1.807) is 7.11 Å². The van der Waals surface area contributed by atoms with Crippen LogP contribution in [0.15, 0.2) is 48.5 Å². The van der Waals surface area contributed by atoms with Crippen LogP contribution >= 0.6 is 0 Å². The molecule has 0 fully saturated rings. The third-order valence-electron chi connectivity index (χ3n) is 3.47. The third-order valence-corrected chi connectivity index (χ3v) is 3.47. The molecule has 0 aliphatic heterocycles. The maximum absolute atomic E-state index is 5.14. The number of ether oxygens (including phenoxy) is 1. The van der Waals surface area contributed by atoms with Crippen molar-refractivity contribution in [3.8, 4) is 29.4 Å². The molecule has 2 rings (SSSR count). The lowest BCUT2D eigenvalue weighted by molar-refractivity contribution is 0.415. The van der Waals surface area contributed by atoms with Gasteiger partial charge in [-0.25, -0.2) is 0 Å². The fourth-order valence-electron chi connectivity index (χ4n) is 2.04. The summed E-state index contributed by atoms with van der Waals surface area (Å²) in [6, 6.07) is 16.1. The Morgan fingerprint density at radius 1 is 0.826 bits per heavy atom. The van der Waals surface area contributed by atoms with Crippen LogP contribution in [0.3, 0.4) is 0 Å². The summed E-state index contributed by atoms with van der Waals surface area (Å²) in [6.45, 7) is 2.19. The normalized spacial score (nSPS) is 9.30. The first kappa shape index (κ1) is 16.7. The van der Waals surface area contributed by atoms with Crippen LogP contribution in [0.1, 0.15) is 42.9 Å². The Hall–Kier alpha value is -2.64. The smallest absolute Gasteiger partial charge is 0.118 e. The average molecular weight is 302 g/mol. The van der Waals surface area contributed by atoms with Crippen molar-refractivity contribution in [1.82, 2.24) is 0 Å². The van der Waals surface area contributed by atoms with Gasteiger partial charge in [0.25, 0.3) is 0 Å². The number of benzene rings is 2. The van der Waals surface area contributed by atoms with Gasteiger partial charge in [-0.2, -0.15) is 0 Å². The molecule has 0 radical (unpaired) electrons. The highest BCUT2D eigenvalue weighted by atomic mass is 16.5. The van der Waals surface area contributed by atoms with E-state index in [0.29, 0.717) is 0 Å². The second kappa shape index (κ2) is 9.39. The summed E-state index contributed by atoms with van der Waals surface area (Å²) in [7, 11) is 1.66. The minimum absolute atomic E-state index is 0.815. The summed E-state index contributed by atoms with van der Waals surface area (Å²) in [5.74, 6) is 13.6. The zero-order chi connectivity index (χ0) is 16.3. The van der Waals surface area contributed by atoms with Gasteiger partial charge in [-0.15, -0.1) is 5.92 Å². The molecular formula is C22H22O. The van der Waals surface area contributed by atoms with E-state index in [1.165, 1.54) is 18.4 Å². The second-order valence-corrected chi connectivity index (χ2v) is 5.31. The van der Waals surface area contributed by atoms with Gasteiger partial charge in [0, 0.05) is 24.0 Å². The first-order valence-corrected chi connectivity index (χ1v) is 8.02. The van der Waals surface area contributed by atoms with E-state index in [1.807, 2.05) is 24.3 Å². The van der Waals surface area contributed by atoms with Crippen molar-refractivity contribution in [2.24, 2.45) is 0 Å². The van der Waals surface area contributed by atoms with Crippen molar-refractivity contribution < 1.29 is 4.74 Å². The quantitative estimate of drug-likeness (QED) is 0.580. The Kier molecular flexibility index (Phi) is 6.83. The van der Waals surface area contributed by atoms with E-state index < -0.39 is 0 Å². The zero-order valence-electron chi connectivity index (χ0n) is 13.9. The molecule has 0 aliphatic carbocycles. The Labute approximate surface area is 139 Å². The van der Waals surface area contributed by atoms with E-state index >= 15 is 0 Å². The Morgan fingerprint density at radius 2 is 1.43 bits per heavy atom. The predicted octanol–water partition coefficient (Wildman–Crippen LogP) is 4.83. The van der Waals surface area contributed by atoms with Gasteiger partial charge < -0.3 is 4.74 Å². The Bertz CT molecular complexity index is 716. The lowest BCUT2D eigenvalue weighted by atomic mass is 10.1. The van der Waals surface area contributed by atoms with E-state index in [4.69, 9.17) is 4.74 Å². The maximum Gasteiger partial charge on any atom is 0.118 e. The molecule has 2 aromatic rings. The molecule has 2 aromatic carbocycles. The van der Waals surface area contributed by atoms with Crippen molar-refractivity contribution in [2.45, 2.75) is 32.6 Å². The van der Waals surface area contributed by atoms with Crippen LogP contribution in [0.4, 0.5) is 0 Å². The molecule has 116 valence electrons. The van der Waals surface area contributed by atoms with Crippen LogP contribution < -0.4 is 4.74 Å². The highest BCUT2D eigenvalue weighted by Crippen LogP contribution is 2.10. The van der Waals surface area contributed by atoms with Gasteiger partial charge in [0.15, 0.2) is 0 Å². The lowest BCUT2D eigenvalue weighted by Gasteiger charge is -1.98. The van der Waals surface area contributed by atoms with Gasteiger partial charge in [0.1, 0.15) is 5.75 Å². The molecule has 0 spiro atoms. The first-order valence-electron chi connectivity index (χ1n) is 8.02. The Balaban J connectivity index is 1.94. The molecular weight excluding hydrogens is 280 g/mol. The van der Waals surface area contributed by atoms with Crippen LogP contribution in [-0.2, 0) is 6.42 Å². The summed E-state index contributed by atoms with van der Waals surface area (Å²) < 4.78 is 5.14.